The smallest absolute Gasteiger partial charge is 0.109 e. The van der Waals surface area contributed by atoms with Gasteiger partial charge in [0, 0.05) is 11.5 Å². The molecule has 0 aliphatic heterocycles. The summed E-state index contributed by atoms with van der Waals surface area (Å²) in [5.41, 5.74) is 2.15. The summed E-state index contributed by atoms with van der Waals surface area (Å²) >= 11 is 0. The molecule has 19 heavy (non-hydrogen) atoms. The SMILES string of the molecule is C=CC(CC)CO/C=C(\N=C)c1ccc(C#N)cc1. The van der Waals surface area contributed by atoms with Crippen LogP contribution in [0.2, 0.25) is 0 Å². The quantitative estimate of drug-likeness (QED) is 0.422. The Labute approximate surface area is 114 Å². The molecule has 1 aromatic rings. The number of rotatable bonds is 7. The maximum atomic E-state index is 8.75. The second-order valence-electron chi connectivity index (χ2n) is 4.09. The molecule has 0 bridgehead atoms. The molecule has 0 spiro atoms. The van der Waals surface area contributed by atoms with Gasteiger partial charge in [0.2, 0.25) is 0 Å². The molecule has 3 heteroatoms. The first-order chi connectivity index (χ1) is 9.24. The van der Waals surface area contributed by atoms with Crippen LogP contribution in [0.3, 0.4) is 0 Å². The maximum absolute atomic E-state index is 8.75. The van der Waals surface area contributed by atoms with Gasteiger partial charge in [0.05, 0.1) is 18.2 Å². The zero-order valence-corrected chi connectivity index (χ0v) is 11.2. The van der Waals surface area contributed by atoms with Gasteiger partial charge in [-0.3, -0.25) is 4.99 Å². The lowest BCUT2D eigenvalue weighted by Gasteiger charge is -2.09. The van der Waals surface area contributed by atoms with Crippen LogP contribution < -0.4 is 0 Å². The summed E-state index contributed by atoms with van der Waals surface area (Å²) in [6.07, 6.45) is 4.47. The van der Waals surface area contributed by atoms with Crippen LogP contribution in [-0.2, 0) is 4.74 Å². The molecule has 98 valence electrons. The van der Waals surface area contributed by atoms with Crippen LogP contribution in [0.25, 0.3) is 5.70 Å². The number of nitriles is 1. The van der Waals surface area contributed by atoms with Crippen molar-refractivity contribution in [3.63, 3.8) is 0 Å². The lowest BCUT2D eigenvalue weighted by molar-refractivity contribution is 0.214. The molecule has 0 heterocycles. The summed E-state index contributed by atoms with van der Waals surface area (Å²) in [7, 11) is 0. The number of hydrogen-bond acceptors (Lipinski definition) is 3. The number of nitrogens with zero attached hydrogens (tertiary/aromatic N) is 2. The molecule has 0 aliphatic carbocycles. The highest BCUT2D eigenvalue weighted by Crippen LogP contribution is 2.16. The third-order valence-electron chi connectivity index (χ3n) is 2.84. The first-order valence-electron chi connectivity index (χ1n) is 6.16. The van der Waals surface area contributed by atoms with Gasteiger partial charge in [-0.25, -0.2) is 0 Å². The van der Waals surface area contributed by atoms with E-state index in [4.69, 9.17) is 10.00 Å². The number of ether oxygens (including phenoxy) is 1. The lowest BCUT2D eigenvalue weighted by atomic mass is 10.1. The average molecular weight is 254 g/mol. The molecular formula is C16H18N2O. The van der Waals surface area contributed by atoms with Crippen molar-refractivity contribution < 1.29 is 4.74 Å². The molecule has 1 aromatic carbocycles. The predicted molar refractivity (Wildman–Crippen MR) is 78.6 cm³/mol. The van der Waals surface area contributed by atoms with Crippen LogP contribution in [0, 0.1) is 17.2 Å². The largest absolute Gasteiger partial charge is 0.498 e. The highest BCUT2D eigenvalue weighted by Gasteiger charge is 2.02. The molecule has 0 radical (unpaired) electrons. The van der Waals surface area contributed by atoms with Gasteiger partial charge in [-0.1, -0.05) is 25.1 Å². The number of hydrogen-bond donors (Lipinski definition) is 0. The van der Waals surface area contributed by atoms with E-state index >= 15 is 0 Å². The predicted octanol–water partition coefficient (Wildman–Crippen LogP) is 3.79. The summed E-state index contributed by atoms with van der Waals surface area (Å²) in [5, 5.41) is 8.75. The molecule has 0 amide bonds. The highest BCUT2D eigenvalue weighted by molar-refractivity contribution is 5.67. The fourth-order valence-electron chi connectivity index (χ4n) is 1.52. The van der Waals surface area contributed by atoms with Gasteiger partial charge in [-0.2, -0.15) is 5.26 Å². The van der Waals surface area contributed by atoms with E-state index in [-0.39, 0.29) is 0 Å². The van der Waals surface area contributed by atoms with Gasteiger partial charge in [-0.05, 0) is 25.3 Å². The molecule has 0 aliphatic rings. The van der Waals surface area contributed by atoms with Gasteiger partial charge in [0.25, 0.3) is 0 Å². The monoisotopic (exact) mass is 254 g/mol. The van der Waals surface area contributed by atoms with Crippen molar-refractivity contribution in [2.45, 2.75) is 13.3 Å². The van der Waals surface area contributed by atoms with Gasteiger partial charge in [0.1, 0.15) is 12.0 Å². The Hall–Kier alpha value is -2.34. The maximum Gasteiger partial charge on any atom is 0.109 e. The van der Waals surface area contributed by atoms with E-state index in [1.165, 1.54) is 0 Å². The fraction of sp³-hybridized carbons (Fsp3) is 0.250. The highest BCUT2D eigenvalue weighted by atomic mass is 16.5. The third-order valence-corrected chi connectivity index (χ3v) is 2.84. The Morgan fingerprint density at radius 2 is 2.16 bits per heavy atom. The molecule has 0 aromatic heterocycles. The van der Waals surface area contributed by atoms with E-state index in [0.29, 0.717) is 23.8 Å². The van der Waals surface area contributed by atoms with Crippen LogP contribution in [0.4, 0.5) is 0 Å². The van der Waals surface area contributed by atoms with Crippen molar-refractivity contribution >= 4 is 12.4 Å². The third kappa shape index (κ3) is 4.44. The molecule has 1 rings (SSSR count). The molecule has 0 saturated heterocycles. The summed E-state index contributed by atoms with van der Waals surface area (Å²) < 4.78 is 5.51. The topological polar surface area (TPSA) is 45.4 Å². The van der Waals surface area contributed by atoms with Gasteiger partial charge >= 0.3 is 0 Å². The minimum absolute atomic E-state index is 0.336. The molecule has 0 N–H and O–H groups in total. The molecule has 1 atom stereocenters. The van der Waals surface area contributed by atoms with E-state index in [1.54, 1.807) is 18.4 Å². The average Bonchev–Trinajstić information content (AvgIpc) is 2.48. The Kier molecular flexibility index (Phi) is 6.11. The number of aliphatic imine (C=N–C) groups is 1. The van der Waals surface area contributed by atoms with Gasteiger partial charge in [0.15, 0.2) is 0 Å². The molecule has 0 fully saturated rings. The van der Waals surface area contributed by atoms with E-state index in [2.05, 4.69) is 31.3 Å². The van der Waals surface area contributed by atoms with Crippen molar-refractivity contribution in [2.75, 3.05) is 6.61 Å². The van der Waals surface area contributed by atoms with E-state index in [9.17, 15) is 0 Å². The van der Waals surface area contributed by atoms with Crippen molar-refractivity contribution in [2.24, 2.45) is 10.9 Å². The van der Waals surface area contributed by atoms with Crippen molar-refractivity contribution in [3.8, 4) is 6.07 Å². The van der Waals surface area contributed by atoms with Gasteiger partial charge in [-0.15, -0.1) is 6.58 Å². The molecular weight excluding hydrogens is 236 g/mol. The minimum atomic E-state index is 0.336. The Bertz CT molecular complexity index is 494. The molecule has 0 saturated carbocycles. The van der Waals surface area contributed by atoms with E-state index in [1.807, 2.05) is 18.2 Å². The summed E-state index contributed by atoms with van der Waals surface area (Å²) in [6.45, 7) is 9.96. The van der Waals surface area contributed by atoms with Gasteiger partial charge < -0.3 is 4.74 Å². The fourth-order valence-corrected chi connectivity index (χ4v) is 1.52. The van der Waals surface area contributed by atoms with Crippen LogP contribution in [0.15, 0.2) is 48.2 Å². The Balaban J connectivity index is 2.73. The summed E-state index contributed by atoms with van der Waals surface area (Å²) in [4.78, 5) is 3.94. The first-order valence-corrected chi connectivity index (χ1v) is 6.16. The van der Waals surface area contributed by atoms with Crippen LogP contribution in [0.1, 0.15) is 24.5 Å². The Morgan fingerprint density at radius 3 is 2.63 bits per heavy atom. The van der Waals surface area contributed by atoms with Crippen LogP contribution in [0.5, 0.6) is 0 Å². The molecule has 1 unspecified atom stereocenters. The second-order valence-corrected chi connectivity index (χ2v) is 4.09. The van der Waals surface area contributed by atoms with Crippen molar-refractivity contribution in [1.29, 1.82) is 5.26 Å². The second kappa shape index (κ2) is 7.88. The van der Waals surface area contributed by atoms with Crippen molar-refractivity contribution in [1.82, 2.24) is 0 Å². The molecule has 3 nitrogen and oxygen atoms in total. The number of benzene rings is 1. The minimum Gasteiger partial charge on any atom is -0.498 e. The summed E-state index contributed by atoms with van der Waals surface area (Å²) in [6, 6.07) is 9.22. The van der Waals surface area contributed by atoms with Crippen LogP contribution >= 0.6 is 0 Å². The first kappa shape index (κ1) is 14.7. The van der Waals surface area contributed by atoms with E-state index < -0.39 is 0 Å². The Morgan fingerprint density at radius 1 is 1.47 bits per heavy atom. The lowest BCUT2D eigenvalue weighted by Crippen LogP contribution is -2.02. The standard InChI is InChI=1S/C16H18N2O/c1-4-13(5-2)11-19-12-16(18-3)15-8-6-14(10-17)7-9-15/h4,6-9,12-13H,1,3,5,11H2,2H3/b16-12-. The zero-order chi connectivity index (χ0) is 14.1. The van der Waals surface area contributed by atoms with Crippen molar-refractivity contribution in [3.05, 3.63) is 54.3 Å². The summed E-state index contributed by atoms with van der Waals surface area (Å²) in [5.74, 6) is 0.336. The zero-order valence-electron chi connectivity index (χ0n) is 11.2. The van der Waals surface area contributed by atoms with Crippen LogP contribution in [-0.4, -0.2) is 13.3 Å². The van der Waals surface area contributed by atoms with E-state index in [0.717, 1.165) is 12.0 Å². The normalized spacial score (nSPS) is 12.3.